The number of hydrogen-bond donors (Lipinski definition) is 0. The van der Waals surface area contributed by atoms with Gasteiger partial charge in [0.1, 0.15) is 0 Å². The highest BCUT2D eigenvalue weighted by Gasteiger charge is 2.51. The van der Waals surface area contributed by atoms with Crippen LogP contribution in [0.4, 0.5) is 0 Å². The van der Waals surface area contributed by atoms with E-state index < -0.39 is 0 Å². The van der Waals surface area contributed by atoms with Gasteiger partial charge in [0.05, 0.1) is 11.2 Å². The van der Waals surface area contributed by atoms with Gasteiger partial charge in [-0.25, -0.2) is 0 Å². The highest BCUT2D eigenvalue weighted by atomic mass is 16.7. The summed E-state index contributed by atoms with van der Waals surface area (Å²) in [6, 6.07) is 0. The molecular formula is C12H21BO2. The van der Waals surface area contributed by atoms with E-state index in [0.717, 1.165) is 11.9 Å². The van der Waals surface area contributed by atoms with Crippen LogP contribution < -0.4 is 0 Å². The van der Waals surface area contributed by atoms with Gasteiger partial charge in [0.25, 0.3) is 0 Å². The van der Waals surface area contributed by atoms with Gasteiger partial charge >= 0.3 is 7.12 Å². The van der Waals surface area contributed by atoms with E-state index in [0.29, 0.717) is 0 Å². The van der Waals surface area contributed by atoms with E-state index in [2.05, 4.69) is 41.2 Å². The standard InChI is InChI=1S/C12H21BO2/c1-7-9-10(8-2)13-14-11(3,4)12(5,6)15-13/h7,9H,1,8H2,2-6H3. The molecule has 0 spiro atoms. The van der Waals surface area contributed by atoms with Gasteiger partial charge < -0.3 is 9.31 Å². The molecule has 84 valence electrons. The Bertz CT molecular complexity index is 263. The summed E-state index contributed by atoms with van der Waals surface area (Å²) in [5.41, 5.74) is 0.629. The third-order valence-electron chi connectivity index (χ3n) is 3.30. The van der Waals surface area contributed by atoms with Crippen molar-refractivity contribution in [3.05, 3.63) is 24.2 Å². The molecule has 1 aliphatic heterocycles. The van der Waals surface area contributed by atoms with Crippen molar-refractivity contribution in [1.82, 2.24) is 0 Å². The SMILES string of the molecule is C=CC=C(CC)B1OC(C)(C)C(C)(C)O1. The second kappa shape index (κ2) is 4.15. The Hall–Kier alpha value is -0.535. The summed E-state index contributed by atoms with van der Waals surface area (Å²) in [4.78, 5) is 0. The second-order valence-electron chi connectivity index (χ2n) is 4.92. The normalized spacial score (nSPS) is 24.3. The first-order chi connectivity index (χ1) is 6.84. The maximum atomic E-state index is 5.93. The molecule has 0 aromatic heterocycles. The summed E-state index contributed by atoms with van der Waals surface area (Å²) in [5, 5.41) is 0. The molecule has 1 heterocycles. The first-order valence-corrected chi connectivity index (χ1v) is 5.51. The lowest BCUT2D eigenvalue weighted by Gasteiger charge is -2.32. The minimum Gasteiger partial charge on any atom is -0.400 e. The Morgan fingerprint density at radius 1 is 1.20 bits per heavy atom. The van der Waals surface area contributed by atoms with Crippen molar-refractivity contribution in [2.24, 2.45) is 0 Å². The average Bonchev–Trinajstić information content (AvgIpc) is 2.32. The highest BCUT2D eigenvalue weighted by molar-refractivity contribution is 6.54. The average molecular weight is 208 g/mol. The van der Waals surface area contributed by atoms with Crippen LogP contribution >= 0.6 is 0 Å². The lowest BCUT2D eigenvalue weighted by atomic mass is 9.76. The molecule has 0 aromatic carbocycles. The van der Waals surface area contributed by atoms with Gasteiger partial charge in [0.15, 0.2) is 0 Å². The Balaban J connectivity index is 2.86. The van der Waals surface area contributed by atoms with Gasteiger partial charge in [0, 0.05) is 0 Å². The van der Waals surface area contributed by atoms with Crippen LogP contribution in [-0.4, -0.2) is 18.3 Å². The van der Waals surface area contributed by atoms with Gasteiger partial charge in [-0.15, -0.1) is 0 Å². The third kappa shape index (κ3) is 2.35. The van der Waals surface area contributed by atoms with Crippen LogP contribution in [0.3, 0.4) is 0 Å². The molecule has 15 heavy (non-hydrogen) atoms. The number of rotatable bonds is 3. The molecule has 1 saturated heterocycles. The summed E-state index contributed by atoms with van der Waals surface area (Å²) in [5.74, 6) is 0. The van der Waals surface area contributed by atoms with Crippen molar-refractivity contribution in [2.45, 2.75) is 52.2 Å². The largest absolute Gasteiger partial charge is 0.490 e. The molecule has 0 amide bonds. The molecule has 0 bridgehead atoms. The number of hydrogen-bond acceptors (Lipinski definition) is 2. The zero-order valence-electron chi connectivity index (χ0n) is 10.5. The Labute approximate surface area is 93.5 Å². The van der Waals surface area contributed by atoms with E-state index in [1.54, 1.807) is 6.08 Å². The minimum absolute atomic E-state index is 0.224. The van der Waals surface area contributed by atoms with E-state index in [4.69, 9.17) is 9.31 Å². The Morgan fingerprint density at radius 3 is 2.00 bits per heavy atom. The van der Waals surface area contributed by atoms with E-state index >= 15 is 0 Å². The van der Waals surface area contributed by atoms with Crippen molar-refractivity contribution in [3.8, 4) is 0 Å². The summed E-state index contributed by atoms with van der Waals surface area (Å²) >= 11 is 0. The van der Waals surface area contributed by atoms with Crippen LogP contribution in [0, 0.1) is 0 Å². The predicted octanol–water partition coefficient (Wildman–Crippen LogP) is 3.14. The van der Waals surface area contributed by atoms with Gasteiger partial charge in [0.2, 0.25) is 0 Å². The molecule has 0 aromatic rings. The maximum absolute atomic E-state index is 5.93. The van der Waals surface area contributed by atoms with Crippen molar-refractivity contribution in [2.75, 3.05) is 0 Å². The van der Waals surface area contributed by atoms with Crippen molar-refractivity contribution in [1.29, 1.82) is 0 Å². The summed E-state index contributed by atoms with van der Waals surface area (Å²) in [6.07, 6.45) is 4.68. The molecule has 3 heteroatoms. The number of allylic oxidation sites excluding steroid dienone is 3. The van der Waals surface area contributed by atoms with Gasteiger partial charge in [-0.2, -0.15) is 0 Å². The smallest absolute Gasteiger partial charge is 0.400 e. The molecule has 0 aliphatic carbocycles. The summed E-state index contributed by atoms with van der Waals surface area (Å²) in [6.45, 7) is 14.1. The lowest BCUT2D eigenvalue weighted by Crippen LogP contribution is -2.41. The van der Waals surface area contributed by atoms with Gasteiger partial charge in [-0.05, 0) is 39.6 Å². The van der Waals surface area contributed by atoms with Gasteiger partial charge in [-0.3, -0.25) is 0 Å². The fourth-order valence-corrected chi connectivity index (χ4v) is 1.51. The maximum Gasteiger partial charge on any atom is 0.490 e. The molecular weight excluding hydrogens is 187 g/mol. The summed E-state index contributed by atoms with van der Waals surface area (Å²) < 4.78 is 11.9. The predicted molar refractivity (Wildman–Crippen MR) is 64.7 cm³/mol. The molecule has 2 nitrogen and oxygen atoms in total. The van der Waals surface area contributed by atoms with E-state index in [-0.39, 0.29) is 18.3 Å². The van der Waals surface area contributed by atoms with Crippen LogP contribution in [0.1, 0.15) is 41.0 Å². The molecule has 0 unspecified atom stereocenters. The Kier molecular flexibility index (Phi) is 3.46. The summed E-state index contributed by atoms with van der Waals surface area (Å²) in [7, 11) is -0.224. The zero-order chi connectivity index (χ0) is 11.7. The minimum atomic E-state index is -0.257. The molecule has 1 rings (SSSR count). The van der Waals surface area contributed by atoms with Crippen LogP contribution in [0.25, 0.3) is 0 Å². The van der Waals surface area contributed by atoms with Crippen LogP contribution in [-0.2, 0) is 9.31 Å². The quantitative estimate of drug-likeness (QED) is 0.524. The van der Waals surface area contributed by atoms with Crippen LogP contribution in [0.5, 0.6) is 0 Å². The topological polar surface area (TPSA) is 18.5 Å². The van der Waals surface area contributed by atoms with Crippen LogP contribution in [0.15, 0.2) is 24.2 Å². The highest BCUT2D eigenvalue weighted by Crippen LogP contribution is 2.38. The van der Waals surface area contributed by atoms with Crippen molar-refractivity contribution >= 4 is 7.12 Å². The van der Waals surface area contributed by atoms with Crippen molar-refractivity contribution < 1.29 is 9.31 Å². The molecule has 1 aliphatic rings. The molecule has 1 fully saturated rings. The van der Waals surface area contributed by atoms with Crippen molar-refractivity contribution in [3.63, 3.8) is 0 Å². The third-order valence-corrected chi connectivity index (χ3v) is 3.30. The second-order valence-corrected chi connectivity index (χ2v) is 4.92. The molecule has 0 atom stereocenters. The fourth-order valence-electron chi connectivity index (χ4n) is 1.51. The van der Waals surface area contributed by atoms with Gasteiger partial charge in [-0.1, -0.05) is 25.7 Å². The van der Waals surface area contributed by atoms with Crippen LogP contribution in [0.2, 0.25) is 0 Å². The first kappa shape index (κ1) is 12.5. The molecule has 0 radical (unpaired) electrons. The molecule has 0 saturated carbocycles. The van der Waals surface area contributed by atoms with E-state index in [9.17, 15) is 0 Å². The zero-order valence-corrected chi connectivity index (χ0v) is 10.5. The fraction of sp³-hybridized carbons (Fsp3) is 0.667. The monoisotopic (exact) mass is 208 g/mol. The van der Waals surface area contributed by atoms with E-state index in [1.807, 2.05) is 6.08 Å². The lowest BCUT2D eigenvalue weighted by molar-refractivity contribution is 0.00578. The molecule has 0 N–H and O–H groups in total. The Morgan fingerprint density at radius 2 is 1.67 bits per heavy atom. The first-order valence-electron chi connectivity index (χ1n) is 5.51. The van der Waals surface area contributed by atoms with E-state index in [1.165, 1.54) is 0 Å².